The minimum atomic E-state index is -4.29. The zero-order valence-electron chi connectivity index (χ0n) is 17.5. The first-order valence-electron chi connectivity index (χ1n) is 9.88. The van der Waals surface area contributed by atoms with Crippen LogP contribution in [0.2, 0.25) is 0 Å². The van der Waals surface area contributed by atoms with Gasteiger partial charge in [-0.15, -0.1) is 0 Å². The molecule has 1 fully saturated rings. The molecule has 0 bridgehead atoms. The van der Waals surface area contributed by atoms with Gasteiger partial charge in [-0.2, -0.15) is 13.2 Å². The zero-order valence-corrected chi connectivity index (χ0v) is 17.5. The molecule has 2 rings (SSSR count). The van der Waals surface area contributed by atoms with Crippen molar-refractivity contribution in [2.24, 2.45) is 0 Å². The number of allylic oxidation sites excluding steroid dienone is 3. The van der Waals surface area contributed by atoms with Crippen molar-refractivity contribution in [2.45, 2.75) is 38.9 Å². The minimum absolute atomic E-state index is 0.0157. The number of alkyl halides is 3. The van der Waals surface area contributed by atoms with Gasteiger partial charge >= 0.3 is 6.30 Å². The predicted molar refractivity (Wildman–Crippen MR) is 115 cm³/mol. The van der Waals surface area contributed by atoms with Crippen molar-refractivity contribution in [3.63, 3.8) is 0 Å². The molecule has 0 atom stereocenters. The molecule has 1 heterocycles. The molecule has 0 aliphatic carbocycles. The number of hydrogen-bond donors (Lipinski definition) is 2. The summed E-state index contributed by atoms with van der Waals surface area (Å²) in [6.45, 7) is 11.2. The van der Waals surface area contributed by atoms with Crippen LogP contribution < -0.4 is 10.6 Å². The van der Waals surface area contributed by atoms with Crippen molar-refractivity contribution < 1.29 is 17.6 Å². The van der Waals surface area contributed by atoms with E-state index < -0.39 is 12.1 Å². The van der Waals surface area contributed by atoms with Crippen molar-refractivity contribution in [3.8, 4) is 0 Å². The molecule has 1 aromatic carbocycles. The number of likely N-dealkylation sites (tertiary alicyclic amines) is 1. The fraction of sp³-hybridized carbons (Fsp3) is 0.391. The highest BCUT2D eigenvalue weighted by molar-refractivity contribution is 5.58. The summed E-state index contributed by atoms with van der Waals surface area (Å²) in [6, 6.07) is 5.90. The van der Waals surface area contributed by atoms with Crippen LogP contribution in [-0.4, -0.2) is 30.8 Å². The summed E-state index contributed by atoms with van der Waals surface area (Å²) in [5.74, 6) is -0.435. The van der Waals surface area contributed by atoms with Gasteiger partial charge in [0.1, 0.15) is 5.83 Å². The summed E-state index contributed by atoms with van der Waals surface area (Å²) < 4.78 is 52.7. The Morgan fingerprint density at radius 2 is 1.90 bits per heavy atom. The van der Waals surface area contributed by atoms with E-state index in [4.69, 9.17) is 0 Å². The second kappa shape index (κ2) is 10.5. The first-order valence-corrected chi connectivity index (χ1v) is 9.88. The van der Waals surface area contributed by atoms with Crippen molar-refractivity contribution >= 4 is 5.69 Å². The Balaban J connectivity index is 2.30. The van der Waals surface area contributed by atoms with E-state index in [0.29, 0.717) is 29.9 Å². The van der Waals surface area contributed by atoms with Gasteiger partial charge in [0, 0.05) is 31.0 Å². The van der Waals surface area contributed by atoms with Crippen LogP contribution >= 0.6 is 0 Å². The predicted octanol–water partition coefficient (Wildman–Crippen LogP) is 6.15. The van der Waals surface area contributed by atoms with Crippen LogP contribution in [0.15, 0.2) is 66.8 Å². The van der Waals surface area contributed by atoms with Gasteiger partial charge in [-0.1, -0.05) is 30.9 Å². The van der Waals surface area contributed by atoms with Crippen LogP contribution in [0.3, 0.4) is 0 Å². The van der Waals surface area contributed by atoms with Crippen molar-refractivity contribution in [1.29, 1.82) is 0 Å². The highest BCUT2D eigenvalue weighted by Gasteiger charge is 2.39. The smallest absolute Gasteiger partial charge is 0.387 e. The van der Waals surface area contributed by atoms with Crippen LogP contribution in [0.1, 0.15) is 36.8 Å². The molecule has 0 radical (unpaired) electrons. The third-order valence-corrected chi connectivity index (χ3v) is 5.25. The maximum absolute atomic E-state index is 13.8. The lowest BCUT2D eigenvalue weighted by molar-refractivity contribution is -0.250. The van der Waals surface area contributed by atoms with E-state index in [1.54, 1.807) is 0 Å². The van der Waals surface area contributed by atoms with Gasteiger partial charge in [-0.05, 0) is 68.2 Å². The lowest BCUT2D eigenvalue weighted by Gasteiger charge is -2.34. The van der Waals surface area contributed by atoms with Crippen LogP contribution in [0, 0.1) is 6.92 Å². The molecule has 1 aliphatic rings. The average Bonchev–Trinajstić information content (AvgIpc) is 2.71. The molecule has 0 aromatic heterocycles. The van der Waals surface area contributed by atoms with E-state index in [9.17, 15) is 17.6 Å². The summed E-state index contributed by atoms with van der Waals surface area (Å²) in [5.41, 5.74) is 4.28. The molecule has 2 N–H and O–H groups in total. The molecule has 0 amide bonds. The fourth-order valence-electron chi connectivity index (χ4n) is 3.56. The van der Waals surface area contributed by atoms with Gasteiger partial charge in [0.15, 0.2) is 0 Å². The summed E-state index contributed by atoms with van der Waals surface area (Å²) in [4.78, 5) is 0.569. The first-order chi connectivity index (χ1) is 14.2. The van der Waals surface area contributed by atoms with Crippen LogP contribution in [0.25, 0.3) is 0 Å². The molecule has 0 spiro atoms. The molecule has 0 saturated carbocycles. The zero-order chi connectivity index (χ0) is 22.3. The average molecular weight is 423 g/mol. The Kier molecular flexibility index (Phi) is 8.29. The van der Waals surface area contributed by atoms with Gasteiger partial charge in [-0.3, -0.25) is 0 Å². The Labute approximate surface area is 175 Å². The summed E-state index contributed by atoms with van der Waals surface area (Å²) in [6.07, 6.45) is 0.617. The molecule has 30 heavy (non-hydrogen) atoms. The van der Waals surface area contributed by atoms with E-state index in [2.05, 4.69) is 23.8 Å². The number of aryl methyl sites for hydroxylation is 1. The molecule has 1 aliphatic heterocycles. The molecule has 164 valence electrons. The lowest BCUT2D eigenvalue weighted by atomic mass is 9.87. The molecule has 3 nitrogen and oxygen atoms in total. The minimum Gasteiger partial charge on any atom is -0.387 e. The number of rotatable bonds is 8. The van der Waals surface area contributed by atoms with Gasteiger partial charge in [0.05, 0.1) is 0 Å². The van der Waals surface area contributed by atoms with Crippen molar-refractivity contribution in [3.05, 3.63) is 77.9 Å². The van der Waals surface area contributed by atoms with Gasteiger partial charge in [0.25, 0.3) is 0 Å². The monoisotopic (exact) mass is 423 g/mol. The second-order valence-electron chi connectivity index (χ2n) is 7.41. The van der Waals surface area contributed by atoms with Gasteiger partial charge in [-0.25, -0.2) is 9.29 Å². The van der Waals surface area contributed by atoms with E-state index >= 15 is 0 Å². The van der Waals surface area contributed by atoms with Gasteiger partial charge in [0.2, 0.25) is 0 Å². The number of benzene rings is 1. The van der Waals surface area contributed by atoms with E-state index in [-0.39, 0.29) is 19.0 Å². The third kappa shape index (κ3) is 6.49. The largest absolute Gasteiger partial charge is 0.459 e. The maximum atomic E-state index is 13.8. The lowest BCUT2D eigenvalue weighted by Crippen LogP contribution is -2.43. The molecular weight excluding hydrogens is 394 g/mol. The fourth-order valence-corrected chi connectivity index (χ4v) is 3.56. The van der Waals surface area contributed by atoms with Crippen molar-refractivity contribution in [2.75, 3.05) is 25.0 Å². The highest BCUT2D eigenvalue weighted by atomic mass is 19.4. The number of halogens is 4. The standard InChI is InChI=1S/C23H29F4N3/c1-5-20(24)14-19(15-28-6-2)17(4)29-22-8-7-16(3)13-21(22)18-9-11-30(12-10-18)23(25,26)27/h5-8,13-14,18,28-29H,1-2,9-12,15H2,3-4H3/b19-17-,20-14+. The first kappa shape index (κ1) is 23.7. The second-order valence-corrected chi connectivity index (χ2v) is 7.41. The quantitative estimate of drug-likeness (QED) is 0.298. The number of hydrogen-bond acceptors (Lipinski definition) is 3. The molecular formula is C23H29F4N3. The highest BCUT2D eigenvalue weighted by Crippen LogP contribution is 2.37. The Hall–Kier alpha value is -2.54. The molecule has 1 saturated heterocycles. The summed E-state index contributed by atoms with van der Waals surface area (Å²) >= 11 is 0. The summed E-state index contributed by atoms with van der Waals surface area (Å²) in [5, 5.41) is 6.30. The Morgan fingerprint density at radius 3 is 2.47 bits per heavy atom. The van der Waals surface area contributed by atoms with Crippen molar-refractivity contribution in [1.82, 2.24) is 10.2 Å². The van der Waals surface area contributed by atoms with Crippen LogP contribution in [0.4, 0.5) is 23.2 Å². The number of nitrogens with one attached hydrogen (secondary N) is 2. The summed E-state index contributed by atoms with van der Waals surface area (Å²) in [7, 11) is 0. The third-order valence-electron chi connectivity index (χ3n) is 5.25. The van der Waals surface area contributed by atoms with E-state index in [0.717, 1.165) is 28.6 Å². The van der Waals surface area contributed by atoms with E-state index in [1.807, 2.05) is 32.0 Å². The van der Waals surface area contributed by atoms with Crippen LogP contribution in [0.5, 0.6) is 0 Å². The number of anilines is 1. The number of nitrogens with zero attached hydrogens (tertiary/aromatic N) is 1. The molecule has 7 heteroatoms. The Bertz CT molecular complexity index is 816. The Morgan fingerprint density at radius 1 is 1.23 bits per heavy atom. The normalized spacial score (nSPS) is 17.3. The molecule has 0 unspecified atom stereocenters. The topological polar surface area (TPSA) is 27.3 Å². The number of piperidine rings is 1. The maximum Gasteiger partial charge on any atom is 0.459 e. The van der Waals surface area contributed by atoms with E-state index in [1.165, 1.54) is 12.3 Å². The molecule has 1 aromatic rings. The van der Waals surface area contributed by atoms with Crippen LogP contribution in [-0.2, 0) is 0 Å². The van der Waals surface area contributed by atoms with Gasteiger partial charge < -0.3 is 10.6 Å². The SMILES string of the molecule is C=CNCC(/C=C(/F)C=C)=C(/C)Nc1ccc(C)cc1C1CCN(C(F)(F)F)CC1.